The minimum absolute atomic E-state index is 0.0487. The molecule has 1 atom stereocenters. The number of aromatic nitrogens is 2. The summed E-state index contributed by atoms with van der Waals surface area (Å²) in [5.74, 6) is -0.919. The van der Waals surface area contributed by atoms with E-state index in [-0.39, 0.29) is 24.2 Å². The van der Waals surface area contributed by atoms with Crippen molar-refractivity contribution in [3.8, 4) is 0 Å². The number of primary amides is 1. The number of piperidine rings is 1. The Morgan fingerprint density at radius 2 is 2.23 bits per heavy atom. The van der Waals surface area contributed by atoms with Crippen LogP contribution in [0.1, 0.15) is 53.3 Å². The predicted octanol–water partition coefficient (Wildman–Crippen LogP) is 2.80. The van der Waals surface area contributed by atoms with E-state index in [9.17, 15) is 14.0 Å². The molecule has 26 heavy (non-hydrogen) atoms. The van der Waals surface area contributed by atoms with E-state index in [1.165, 1.54) is 18.3 Å². The smallest absolute Gasteiger partial charge is 0.252 e. The summed E-state index contributed by atoms with van der Waals surface area (Å²) in [7, 11) is 0. The number of rotatable bonds is 5. The third-order valence-corrected chi connectivity index (χ3v) is 4.54. The first-order valence-corrected chi connectivity index (χ1v) is 8.61. The number of carbonyl (C=O) groups excluding carboxylic acids is 2. The molecule has 1 aromatic carbocycles. The Labute approximate surface area is 150 Å². The van der Waals surface area contributed by atoms with Gasteiger partial charge in [-0.25, -0.2) is 4.39 Å². The molecule has 2 amide bonds. The number of aromatic amines is 1. The molecular weight excluding hydrogens is 335 g/mol. The third-order valence-electron chi connectivity index (χ3n) is 4.54. The van der Waals surface area contributed by atoms with Crippen molar-refractivity contribution in [1.29, 1.82) is 0 Å². The molecule has 1 fully saturated rings. The van der Waals surface area contributed by atoms with E-state index in [0.717, 1.165) is 19.3 Å². The van der Waals surface area contributed by atoms with Gasteiger partial charge in [0.15, 0.2) is 0 Å². The van der Waals surface area contributed by atoms with Crippen LogP contribution in [-0.4, -0.2) is 33.5 Å². The molecule has 1 aromatic heterocycles. The molecule has 1 aliphatic rings. The van der Waals surface area contributed by atoms with E-state index >= 15 is 0 Å². The number of likely N-dealkylation sites (tertiary alicyclic amines) is 1. The van der Waals surface area contributed by atoms with E-state index in [4.69, 9.17) is 5.73 Å². The Morgan fingerprint density at radius 1 is 1.38 bits per heavy atom. The molecule has 1 unspecified atom stereocenters. The van der Waals surface area contributed by atoms with Gasteiger partial charge in [-0.2, -0.15) is 5.10 Å². The average Bonchev–Trinajstić information content (AvgIpc) is 3.11. The van der Waals surface area contributed by atoms with Crippen molar-refractivity contribution < 1.29 is 14.0 Å². The number of halogens is 1. The van der Waals surface area contributed by atoms with Gasteiger partial charge in [0.25, 0.3) is 5.91 Å². The first-order valence-electron chi connectivity index (χ1n) is 8.61. The van der Waals surface area contributed by atoms with Crippen molar-refractivity contribution in [2.24, 2.45) is 5.73 Å². The molecule has 7 heteroatoms. The number of benzene rings is 1. The molecule has 1 aliphatic heterocycles. The largest absolute Gasteiger partial charge is 0.365 e. The van der Waals surface area contributed by atoms with E-state index in [1.54, 1.807) is 29.2 Å². The highest BCUT2D eigenvalue weighted by molar-refractivity contribution is 5.94. The number of nitrogens with two attached hydrogens (primary N) is 1. The summed E-state index contributed by atoms with van der Waals surface area (Å²) in [6, 6.07) is 5.96. The maximum Gasteiger partial charge on any atom is 0.252 e. The van der Waals surface area contributed by atoms with Gasteiger partial charge in [0.2, 0.25) is 5.91 Å². The summed E-state index contributed by atoms with van der Waals surface area (Å²) in [6.45, 7) is 0.620. The van der Waals surface area contributed by atoms with Crippen LogP contribution in [0.3, 0.4) is 0 Å². The minimum Gasteiger partial charge on any atom is -0.365 e. The number of hydrogen-bond acceptors (Lipinski definition) is 3. The van der Waals surface area contributed by atoms with Crippen LogP contribution in [0.5, 0.6) is 0 Å². The number of nitrogens with zero attached hydrogens (tertiary/aromatic N) is 2. The van der Waals surface area contributed by atoms with Gasteiger partial charge in [-0.05, 0) is 37.0 Å². The van der Waals surface area contributed by atoms with Gasteiger partial charge in [-0.3, -0.25) is 14.7 Å². The Bertz CT molecular complexity index is 830. The lowest BCUT2D eigenvalue weighted by Crippen LogP contribution is -2.39. The fourth-order valence-electron chi connectivity index (χ4n) is 3.30. The van der Waals surface area contributed by atoms with Crippen LogP contribution in [0.25, 0.3) is 6.08 Å². The second-order valence-electron chi connectivity index (χ2n) is 6.32. The normalized spacial score (nSPS) is 17.6. The zero-order chi connectivity index (χ0) is 18.5. The topological polar surface area (TPSA) is 92.1 Å². The summed E-state index contributed by atoms with van der Waals surface area (Å²) in [6.07, 6.45) is 7.68. The van der Waals surface area contributed by atoms with Crippen LogP contribution in [0.4, 0.5) is 4.39 Å². The Balaban J connectivity index is 1.72. The number of nitrogens with one attached hydrogen (secondary N) is 1. The minimum atomic E-state index is -0.558. The lowest BCUT2D eigenvalue weighted by molar-refractivity contribution is -0.134. The lowest BCUT2D eigenvalue weighted by atomic mass is 9.96. The SMILES string of the molecule is NC(=O)c1cn[nH]c1C1CCCCN1C(=O)C/C=C/c1cccc(F)c1. The van der Waals surface area contributed by atoms with E-state index in [1.807, 2.05) is 0 Å². The molecule has 0 saturated carbocycles. The molecule has 3 rings (SSSR count). The molecule has 0 aliphatic carbocycles. The number of amides is 2. The van der Waals surface area contributed by atoms with Gasteiger partial charge < -0.3 is 10.6 Å². The van der Waals surface area contributed by atoms with Crippen molar-refractivity contribution in [2.45, 2.75) is 31.7 Å². The number of H-pyrrole nitrogens is 1. The maximum atomic E-state index is 13.2. The lowest BCUT2D eigenvalue weighted by Gasteiger charge is -2.35. The molecule has 2 heterocycles. The van der Waals surface area contributed by atoms with Crippen LogP contribution >= 0.6 is 0 Å². The summed E-state index contributed by atoms with van der Waals surface area (Å²) in [5, 5.41) is 6.73. The van der Waals surface area contributed by atoms with Gasteiger partial charge >= 0.3 is 0 Å². The van der Waals surface area contributed by atoms with Crippen molar-refractivity contribution in [2.75, 3.05) is 6.54 Å². The molecule has 0 spiro atoms. The fourth-order valence-corrected chi connectivity index (χ4v) is 3.30. The highest BCUT2D eigenvalue weighted by atomic mass is 19.1. The van der Waals surface area contributed by atoms with Gasteiger partial charge in [-0.1, -0.05) is 24.3 Å². The molecule has 0 bridgehead atoms. The molecular formula is C19H21FN4O2. The highest BCUT2D eigenvalue weighted by Crippen LogP contribution is 2.32. The van der Waals surface area contributed by atoms with Crippen LogP contribution in [0.15, 0.2) is 36.5 Å². The Morgan fingerprint density at radius 3 is 3.00 bits per heavy atom. The van der Waals surface area contributed by atoms with Gasteiger partial charge in [0, 0.05) is 13.0 Å². The van der Waals surface area contributed by atoms with Crippen LogP contribution < -0.4 is 5.73 Å². The number of carbonyl (C=O) groups is 2. The summed E-state index contributed by atoms with van der Waals surface area (Å²) in [5.41, 5.74) is 7.03. The molecule has 0 radical (unpaired) electrons. The first kappa shape index (κ1) is 17.8. The molecule has 1 saturated heterocycles. The van der Waals surface area contributed by atoms with Crippen molar-refractivity contribution in [3.63, 3.8) is 0 Å². The molecule has 3 N–H and O–H groups in total. The maximum absolute atomic E-state index is 13.2. The zero-order valence-corrected chi connectivity index (χ0v) is 14.3. The van der Waals surface area contributed by atoms with E-state index in [2.05, 4.69) is 10.2 Å². The van der Waals surface area contributed by atoms with Crippen molar-refractivity contribution in [1.82, 2.24) is 15.1 Å². The second-order valence-corrected chi connectivity index (χ2v) is 6.32. The molecule has 6 nitrogen and oxygen atoms in total. The molecule has 136 valence electrons. The van der Waals surface area contributed by atoms with Gasteiger partial charge in [-0.15, -0.1) is 0 Å². The van der Waals surface area contributed by atoms with Crippen LogP contribution in [0, 0.1) is 5.82 Å². The first-order chi connectivity index (χ1) is 12.6. The van der Waals surface area contributed by atoms with Crippen LogP contribution in [-0.2, 0) is 4.79 Å². The Hall–Kier alpha value is -2.96. The van der Waals surface area contributed by atoms with Crippen molar-refractivity contribution >= 4 is 17.9 Å². The van der Waals surface area contributed by atoms with Crippen LogP contribution in [0.2, 0.25) is 0 Å². The van der Waals surface area contributed by atoms with E-state index in [0.29, 0.717) is 23.4 Å². The van der Waals surface area contributed by atoms with Crippen molar-refractivity contribution in [3.05, 3.63) is 59.2 Å². The number of hydrogen-bond donors (Lipinski definition) is 2. The summed E-state index contributed by atoms with van der Waals surface area (Å²) in [4.78, 5) is 26.0. The van der Waals surface area contributed by atoms with E-state index < -0.39 is 5.91 Å². The standard InChI is InChI=1S/C19H21FN4O2/c20-14-7-3-5-13(11-14)6-4-9-17(25)24-10-2-1-8-16(24)18-15(19(21)26)12-22-23-18/h3-7,11-12,16H,1-2,8-10H2,(H2,21,26)(H,22,23)/b6-4+. The zero-order valence-electron chi connectivity index (χ0n) is 14.3. The second kappa shape index (κ2) is 7.95. The predicted molar refractivity (Wildman–Crippen MR) is 95.5 cm³/mol. The summed E-state index contributed by atoms with van der Waals surface area (Å²) >= 11 is 0. The summed E-state index contributed by atoms with van der Waals surface area (Å²) < 4.78 is 13.2. The monoisotopic (exact) mass is 356 g/mol. The third kappa shape index (κ3) is 3.99. The van der Waals surface area contributed by atoms with Gasteiger partial charge in [0.1, 0.15) is 5.82 Å². The Kier molecular flexibility index (Phi) is 5.46. The average molecular weight is 356 g/mol. The quantitative estimate of drug-likeness (QED) is 0.863. The fraction of sp³-hybridized carbons (Fsp3) is 0.316. The highest BCUT2D eigenvalue weighted by Gasteiger charge is 2.31. The molecule has 2 aromatic rings. The van der Waals surface area contributed by atoms with Gasteiger partial charge in [0.05, 0.1) is 23.5 Å².